The lowest BCUT2D eigenvalue weighted by atomic mass is 9.93. The Hall–Kier alpha value is -0.120. The molecule has 0 aromatic heterocycles. The van der Waals surface area contributed by atoms with E-state index in [-0.39, 0.29) is 5.41 Å². The van der Waals surface area contributed by atoms with E-state index in [1.807, 2.05) is 0 Å². The molecule has 1 heterocycles. The van der Waals surface area contributed by atoms with E-state index in [2.05, 4.69) is 19.2 Å². The number of nitrogens with two attached hydrogens (primary N) is 1. The Bertz CT molecular complexity index is 153. The molecule has 0 atom stereocenters. The van der Waals surface area contributed by atoms with Crippen LogP contribution in [0.4, 0.5) is 0 Å². The largest absolute Gasteiger partial charge is 0.381 e. The Kier molecular flexibility index (Phi) is 4.85. The van der Waals surface area contributed by atoms with Crippen LogP contribution in [0.3, 0.4) is 0 Å². The summed E-state index contributed by atoms with van der Waals surface area (Å²) in [4.78, 5) is 0. The summed E-state index contributed by atoms with van der Waals surface area (Å²) in [5, 5.41) is 3.51. The molecule has 3 heteroatoms. The summed E-state index contributed by atoms with van der Waals surface area (Å²) in [6.07, 6.45) is 2.41. The van der Waals surface area contributed by atoms with Crippen LogP contribution < -0.4 is 11.1 Å². The number of hydrogen-bond acceptors (Lipinski definition) is 3. The van der Waals surface area contributed by atoms with E-state index in [0.717, 1.165) is 38.8 Å². The highest BCUT2D eigenvalue weighted by Gasteiger charge is 2.17. The van der Waals surface area contributed by atoms with Gasteiger partial charge < -0.3 is 15.8 Å². The molecule has 1 saturated heterocycles. The number of rotatable bonds is 5. The van der Waals surface area contributed by atoms with Crippen molar-refractivity contribution < 1.29 is 4.74 Å². The first-order valence-electron chi connectivity index (χ1n) is 5.62. The topological polar surface area (TPSA) is 47.3 Å². The van der Waals surface area contributed by atoms with Crippen molar-refractivity contribution in [1.29, 1.82) is 0 Å². The van der Waals surface area contributed by atoms with Crippen molar-refractivity contribution in [2.45, 2.75) is 26.7 Å². The summed E-state index contributed by atoms with van der Waals surface area (Å²) >= 11 is 0. The summed E-state index contributed by atoms with van der Waals surface area (Å²) in [6, 6.07) is 0. The minimum absolute atomic E-state index is 0.227. The van der Waals surface area contributed by atoms with E-state index in [1.54, 1.807) is 0 Å². The Morgan fingerprint density at radius 1 is 1.36 bits per heavy atom. The molecular formula is C11H24N2O. The molecule has 0 amide bonds. The predicted molar refractivity (Wildman–Crippen MR) is 59.2 cm³/mol. The van der Waals surface area contributed by atoms with Crippen molar-refractivity contribution in [3.05, 3.63) is 0 Å². The van der Waals surface area contributed by atoms with Gasteiger partial charge in [0, 0.05) is 19.8 Å². The predicted octanol–water partition coefficient (Wildman–Crippen LogP) is 0.987. The van der Waals surface area contributed by atoms with Crippen molar-refractivity contribution in [3.8, 4) is 0 Å². The van der Waals surface area contributed by atoms with Crippen LogP contribution in [0, 0.1) is 11.3 Å². The van der Waals surface area contributed by atoms with Gasteiger partial charge in [-0.15, -0.1) is 0 Å². The number of nitrogens with one attached hydrogen (secondary N) is 1. The lowest BCUT2D eigenvalue weighted by molar-refractivity contribution is 0.0656. The average molecular weight is 200 g/mol. The van der Waals surface area contributed by atoms with Gasteiger partial charge in [0.1, 0.15) is 0 Å². The van der Waals surface area contributed by atoms with E-state index in [1.165, 1.54) is 12.8 Å². The van der Waals surface area contributed by atoms with Crippen molar-refractivity contribution in [1.82, 2.24) is 5.32 Å². The molecule has 0 spiro atoms. The zero-order valence-corrected chi connectivity index (χ0v) is 9.51. The van der Waals surface area contributed by atoms with Gasteiger partial charge in [-0.2, -0.15) is 0 Å². The Morgan fingerprint density at radius 3 is 2.57 bits per heavy atom. The average Bonchev–Trinajstić information content (AvgIpc) is 2.19. The van der Waals surface area contributed by atoms with Gasteiger partial charge in [0.05, 0.1) is 0 Å². The lowest BCUT2D eigenvalue weighted by Gasteiger charge is -2.26. The molecule has 3 nitrogen and oxygen atoms in total. The SMILES string of the molecule is CC(C)(CN)CNCC1CCOCC1. The fraction of sp³-hybridized carbons (Fsp3) is 1.00. The van der Waals surface area contributed by atoms with Crippen LogP contribution in [0.1, 0.15) is 26.7 Å². The second kappa shape index (κ2) is 5.69. The van der Waals surface area contributed by atoms with Crippen molar-refractivity contribution in [2.24, 2.45) is 17.1 Å². The molecule has 1 aliphatic rings. The van der Waals surface area contributed by atoms with Crippen LogP contribution in [-0.2, 0) is 4.74 Å². The molecule has 3 N–H and O–H groups in total. The maximum Gasteiger partial charge on any atom is 0.0469 e. The zero-order valence-electron chi connectivity index (χ0n) is 9.51. The quantitative estimate of drug-likeness (QED) is 0.695. The normalized spacial score (nSPS) is 19.9. The zero-order chi connectivity index (χ0) is 10.4. The first-order chi connectivity index (χ1) is 6.64. The van der Waals surface area contributed by atoms with Crippen molar-refractivity contribution in [3.63, 3.8) is 0 Å². The summed E-state index contributed by atoms with van der Waals surface area (Å²) in [5.41, 5.74) is 5.89. The smallest absolute Gasteiger partial charge is 0.0469 e. The highest BCUT2D eigenvalue weighted by molar-refractivity contribution is 4.74. The second-order valence-electron chi connectivity index (χ2n) is 5.05. The fourth-order valence-electron chi connectivity index (χ4n) is 1.64. The molecule has 0 unspecified atom stereocenters. The number of hydrogen-bond donors (Lipinski definition) is 2. The molecule has 1 fully saturated rings. The van der Waals surface area contributed by atoms with E-state index in [4.69, 9.17) is 10.5 Å². The lowest BCUT2D eigenvalue weighted by Crippen LogP contribution is -2.38. The fourth-order valence-corrected chi connectivity index (χ4v) is 1.64. The third-order valence-electron chi connectivity index (χ3n) is 2.93. The standard InChI is InChI=1S/C11H24N2O/c1-11(2,8-12)9-13-7-10-3-5-14-6-4-10/h10,13H,3-9,12H2,1-2H3. The minimum atomic E-state index is 0.227. The molecule has 0 aliphatic carbocycles. The van der Waals surface area contributed by atoms with Gasteiger partial charge in [-0.1, -0.05) is 13.8 Å². The first-order valence-corrected chi connectivity index (χ1v) is 5.62. The van der Waals surface area contributed by atoms with E-state index >= 15 is 0 Å². The maximum absolute atomic E-state index is 5.67. The minimum Gasteiger partial charge on any atom is -0.381 e. The molecule has 0 saturated carbocycles. The van der Waals surface area contributed by atoms with Gasteiger partial charge in [-0.3, -0.25) is 0 Å². The van der Waals surface area contributed by atoms with Gasteiger partial charge >= 0.3 is 0 Å². The molecule has 0 aromatic carbocycles. The van der Waals surface area contributed by atoms with Gasteiger partial charge in [0.25, 0.3) is 0 Å². The molecular weight excluding hydrogens is 176 g/mol. The first kappa shape index (κ1) is 12.0. The van der Waals surface area contributed by atoms with Crippen molar-refractivity contribution >= 4 is 0 Å². The van der Waals surface area contributed by atoms with Gasteiger partial charge in [-0.05, 0) is 37.3 Å². The summed E-state index contributed by atoms with van der Waals surface area (Å²) in [6.45, 7) is 9.15. The molecule has 0 radical (unpaired) electrons. The second-order valence-corrected chi connectivity index (χ2v) is 5.05. The van der Waals surface area contributed by atoms with Crippen LogP contribution in [-0.4, -0.2) is 32.8 Å². The van der Waals surface area contributed by atoms with Crippen LogP contribution in [0.15, 0.2) is 0 Å². The van der Waals surface area contributed by atoms with E-state index in [0.29, 0.717) is 0 Å². The maximum atomic E-state index is 5.67. The van der Waals surface area contributed by atoms with Crippen LogP contribution in [0.2, 0.25) is 0 Å². The molecule has 84 valence electrons. The van der Waals surface area contributed by atoms with Crippen LogP contribution in [0.5, 0.6) is 0 Å². The van der Waals surface area contributed by atoms with E-state index < -0.39 is 0 Å². The molecule has 1 aliphatic heterocycles. The van der Waals surface area contributed by atoms with Crippen LogP contribution in [0.25, 0.3) is 0 Å². The summed E-state index contributed by atoms with van der Waals surface area (Å²) in [5.74, 6) is 0.803. The monoisotopic (exact) mass is 200 g/mol. The molecule has 14 heavy (non-hydrogen) atoms. The van der Waals surface area contributed by atoms with Gasteiger partial charge in [0.2, 0.25) is 0 Å². The third-order valence-corrected chi connectivity index (χ3v) is 2.93. The Morgan fingerprint density at radius 2 is 2.00 bits per heavy atom. The highest BCUT2D eigenvalue weighted by atomic mass is 16.5. The molecule has 0 bridgehead atoms. The third kappa shape index (κ3) is 4.40. The number of ether oxygens (including phenoxy) is 1. The molecule has 0 aromatic rings. The molecule has 1 rings (SSSR count). The van der Waals surface area contributed by atoms with Crippen molar-refractivity contribution in [2.75, 3.05) is 32.8 Å². The Balaban J connectivity index is 2.08. The van der Waals surface area contributed by atoms with Gasteiger partial charge in [0.15, 0.2) is 0 Å². The summed E-state index contributed by atoms with van der Waals surface area (Å²) in [7, 11) is 0. The summed E-state index contributed by atoms with van der Waals surface area (Å²) < 4.78 is 5.32. The van der Waals surface area contributed by atoms with Gasteiger partial charge in [-0.25, -0.2) is 0 Å². The van der Waals surface area contributed by atoms with E-state index in [9.17, 15) is 0 Å². The Labute approximate surface area is 87.4 Å². The highest BCUT2D eigenvalue weighted by Crippen LogP contribution is 2.15. The van der Waals surface area contributed by atoms with Crippen LogP contribution >= 0.6 is 0 Å².